The van der Waals surface area contributed by atoms with Gasteiger partial charge in [0.15, 0.2) is 5.69 Å². The highest BCUT2D eigenvalue weighted by atomic mass is 15.2. The van der Waals surface area contributed by atoms with Crippen molar-refractivity contribution in [2.75, 3.05) is 5.32 Å². The number of rotatable bonds is 3. The zero-order valence-corrected chi connectivity index (χ0v) is 9.98. The van der Waals surface area contributed by atoms with E-state index < -0.39 is 0 Å². The Hall–Kier alpha value is -2.94. The largest absolute Gasteiger partial charge is 0.363 e. The summed E-state index contributed by atoms with van der Waals surface area (Å²) in [5, 5.41) is 19.4. The first kappa shape index (κ1) is 11.2. The fourth-order valence-corrected chi connectivity index (χ4v) is 1.74. The molecular weight excluding hydrogens is 240 g/mol. The van der Waals surface area contributed by atoms with Crippen LogP contribution in [-0.2, 0) is 6.54 Å². The second-order valence-electron chi connectivity index (χ2n) is 3.97. The fraction of sp³-hybridized carbons (Fsp3) is 0.0769. The quantitative estimate of drug-likeness (QED) is 0.764. The number of hydrogen-bond donors (Lipinski definition) is 1. The van der Waals surface area contributed by atoms with Crippen LogP contribution in [0.4, 0.5) is 5.82 Å². The number of nitriles is 1. The zero-order chi connectivity index (χ0) is 13.1. The summed E-state index contributed by atoms with van der Waals surface area (Å²) in [4.78, 5) is 4.46. The van der Waals surface area contributed by atoms with E-state index in [9.17, 15) is 0 Å². The van der Waals surface area contributed by atoms with Gasteiger partial charge in [-0.3, -0.25) is 0 Å². The van der Waals surface area contributed by atoms with E-state index in [2.05, 4.69) is 20.5 Å². The van der Waals surface area contributed by atoms with Gasteiger partial charge < -0.3 is 9.72 Å². The number of nitrogens with one attached hydrogen (secondary N) is 1. The Morgan fingerprint density at radius 2 is 2.16 bits per heavy atom. The molecule has 0 aromatic carbocycles. The summed E-state index contributed by atoms with van der Waals surface area (Å²) in [6, 6.07) is 11.1. The van der Waals surface area contributed by atoms with Crippen LogP contribution in [0, 0.1) is 11.3 Å². The SMILES string of the molecule is N#Cc1ccc(NCc2cn3ccccc3n2)nn1. The molecule has 0 saturated carbocycles. The fourth-order valence-electron chi connectivity index (χ4n) is 1.74. The summed E-state index contributed by atoms with van der Waals surface area (Å²) in [5.41, 5.74) is 2.13. The summed E-state index contributed by atoms with van der Waals surface area (Å²) < 4.78 is 1.96. The lowest BCUT2D eigenvalue weighted by molar-refractivity contribution is 0.974. The van der Waals surface area contributed by atoms with Gasteiger partial charge in [0, 0.05) is 12.4 Å². The second-order valence-corrected chi connectivity index (χ2v) is 3.97. The van der Waals surface area contributed by atoms with Gasteiger partial charge in [-0.1, -0.05) is 6.07 Å². The molecular formula is C13H10N6. The molecule has 3 heterocycles. The molecule has 0 radical (unpaired) electrons. The lowest BCUT2D eigenvalue weighted by Crippen LogP contribution is -2.02. The second kappa shape index (κ2) is 4.74. The molecule has 0 aliphatic carbocycles. The molecule has 6 heteroatoms. The molecule has 0 aliphatic rings. The highest BCUT2D eigenvalue weighted by Crippen LogP contribution is 2.07. The molecule has 0 spiro atoms. The number of fused-ring (bicyclic) bond motifs is 1. The van der Waals surface area contributed by atoms with Crippen LogP contribution in [-0.4, -0.2) is 19.6 Å². The highest BCUT2D eigenvalue weighted by Gasteiger charge is 2.01. The van der Waals surface area contributed by atoms with Gasteiger partial charge in [0.05, 0.1) is 12.2 Å². The van der Waals surface area contributed by atoms with Gasteiger partial charge in [0.2, 0.25) is 0 Å². The van der Waals surface area contributed by atoms with Crippen LogP contribution in [0.1, 0.15) is 11.4 Å². The van der Waals surface area contributed by atoms with Gasteiger partial charge in [-0.15, -0.1) is 10.2 Å². The van der Waals surface area contributed by atoms with Crippen LogP contribution >= 0.6 is 0 Å². The average molecular weight is 250 g/mol. The van der Waals surface area contributed by atoms with Gasteiger partial charge in [-0.2, -0.15) is 5.26 Å². The number of pyridine rings is 1. The van der Waals surface area contributed by atoms with Gasteiger partial charge in [0.25, 0.3) is 0 Å². The monoisotopic (exact) mass is 250 g/mol. The maximum atomic E-state index is 8.63. The van der Waals surface area contributed by atoms with Crippen molar-refractivity contribution in [3.05, 3.63) is 54.1 Å². The molecule has 0 bridgehead atoms. The summed E-state index contributed by atoms with van der Waals surface area (Å²) >= 11 is 0. The van der Waals surface area contributed by atoms with Crippen molar-refractivity contribution in [1.82, 2.24) is 19.6 Å². The molecule has 0 atom stereocenters. The van der Waals surface area contributed by atoms with Crippen molar-refractivity contribution < 1.29 is 0 Å². The van der Waals surface area contributed by atoms with Crippen molar-refractivity contribution in [1.29, 1.82) is 5.26 Å². The first-order valence-electron chi connectivity index (χ1n) is 5.75. The lowest BCUT2D eigenvalue weighted by atomic mass is 10.4. The Labute approximate surface area is 109 Å². The highest BCUT2D eigenvalue weighted by molar-refractivity contribution is 5.41. The minimum Gasteiger partial charge on any atom is -0.363 e. The Balaban J connectivity index is 1.73. The minimum absolute atomic E-state index is 0.304. The molecule has 0 saturated heterocycles. The molecule has 0 unspecified atom stereocenters. The van der Waals surface area contributed by atoms with Gasteiger partial charge >= 0.3 is 0 Å². The van der Waals surface area contributed by atoms with Crippen LogP contribution in [0.25, 0.3) is 5.65 Å². The number of nitrogens with zero attached hydrogens (tertiary/aromatic N) is 5. The summed E-state index contributed by atoms with van der Waals surface area (Å²) in [6.45, 7) is 0.558. The van der Waals surface area contributed by atoms with Crippen LogP contribution in [0.5, 0.6) is 0 Å². The minimum atomic E-state index is 0.304. The average Bonchev–Trinajstić information content (AvgIpc) is 2.88. The molecule has 1 N–H and O–H groups in total. The van der Waals surface area contributed by atoms with Gasteiger partial charge in [0.1, 0.15) is 17.5 Å². The number of imidazole rings is 1. The standard InChI is InChI=1S/C13H10N6/c14-7-10-4-5-12(18-17-10)15-8-11-9-19-6-2-1-3-13(19)16-11/h1-6,9H,8H2,(H,15,18). The van der Waals surface area contributed by atoms with E-state index in [-0.39, 0.29) is 0 Å². The number of aromatic nitrogens is 4. The third kappa shape index (κ3) is 2.35. The van der Waals surface area contributed by atoms with Crippen molar-refractivity contribution in [3.8, 4) is 6.07 Å². The molecule has 0 amide bonds. The molecule has 6 nitrogen and oxygen atoms in total. The molecule has 19 heavy (non-hydrogen) atoms. The van der Waals surface area contributed by atoms with Gasteiger partial charge in [-0.05, 0) is 24.3 Å². The van der Waals surface area contributed by atoms with Gasteiger partial charge in [-0.25, -0.2) is 4.98 Å². The smallest absolute Gasteiger partial charge is 0.163 e. The molecule has 92 valence electrons. The predicted molar refractivity (Wildman–Crippen MR) is 69.3 cm³/mol. The summed E-state index contributed by atoms with van der Waals surface area (Å²) in [6.07, 6.45) is 3.91. The number of hydrogen-bond acceptors (Lipinski definition) is 5. The van der Waals surface area contributed by atoms with Crippen LogP contribution in [0.3, 0.4) is 0 Å². The number of anilines is 1. The van der Waals surface area contributed by atoms with Crippen LogP contribution < -0.4 is 5.32 Å². The normalized spacial score (nSPS) is 10.3. The Morgan fingerprint density at radius 1 is 1.21 bits per heavy atom. The maximum Gasteiger partial charge on any atom is 0.163 e. The summed E-state index contributed by atoms with van der Waals surface area (Å²) in [5.74, 6) is 0.621. The van der Waals surface area contributed by atoms with Crippen molar-refractivity contribution in [2.24, 2.45) is 0 Å². The first-order chi connectivity index (χ1) is 9.35. The van der Waals surface area contributed by atoms with E-state index >= 15 is 0 Å². The third-order valence-corrected chi connectivity index (χ3v) is 2.64. The Morgan fingerprint density at radius 3 is 2.89 bits per heavy atom. The van der Waals surface area contributed by atoms with Crippen molar-refractivity contribution in [2.45, 2.75) is 6.54 Å². The topological polar surface area (TPSA) is 78.9 Å². The van der Waals surface area contributed by atoms with Crippen molar-refractivity contribution >= 4 is 11.5 Å². The van der Waals surface area contributed by atoms with E-state index in [4.69, 9.17) is 5.26 Å². The molecule has 3 aromatic rings. The molecule has 3 rings (SSSR count). The predicted octanol–water partition coefficient (Wildman–Crippen LogP) is 1.61. The molecule has 0 fully saturated rings. The van der Waals surface area contributed by atoms with Crippen molar-refractivity contribution in [3.63, 3.8) is 0 Å². The zero-order valence-electron chi connectivity index (χ0n) is 9.98. The van der Waals surface area contributed by atoms with E-state index in [1.54, 1.807) is 12.1 Å². The molecule has 3 aromatic heterocycles. The molecule has 0 aliphatic heterocycles. The third-order valence-electron chi connectivity index (χ3n) is 2.64. The Bertz CT molecular complexity index is 705. The van der Waals surface area contributed by atoms with E-state index in [1.807, 2.05) is 41.1 Å². The first-order valence-corrected chi connectivity index (χ1v) is 5.75. The van der Waals surface area contributed by atoms with E-state index in [1.165, 1.54) is 0 Å². The van der Waals surface area contributed by atoms with E-state index in [0.717, 1.165) is 11.3 Å². The Kier molecular flexibility index (Phi) is 2.79. The van der Waals surface area contributed by atoms with Crippen LogP contribution in [0.2, 0.25) is 0 Å². The maximum absolute atomic E-state index is 8.63. The van der Waals surface area contributed by atoms with Crippen LogP contribution in [0.15, 0.2) is 42.7 Å². The van der Waals surface area contributed by atoms with E-state index in [0.29, 0.717) is 18.1 Å². The summed E-state index contributed by atoms with van der Waals surface area (Å²) in [7, 11) is 0. The lowest BCUT2D eigenvalue weighted by Gasteiger charge is -2.01.